The Morgan fingerprint density at radius 3 is 2.34 bits per heavy atom. The Morgan fingerprint density at radius 1 is 1.00 bits per heavy atom. The van der Waals surface area contributed by atoms with Gasteiger partial charge in [0.2, 0.25) is 0 Å². The van der Waals surface area contributed by atoms with Crippen LogP contribution in [0.15, 0.2) is 82.4 Å². The average molecular weight is 451 g/mol. The molecule has 148 valence electrons. The van der Waals surface area contributed by atoms with E-state index in [9.17, 15) is 4.79 Å². The summed E-state index contributed by atoms with van der Waals surface area (Å²) in [5.41, 5.74) is 7.73. The second kappa shape index (κ2) is 10.0. The smallest absolute Gasteiger partial charge is 0.277 e. The number of amides is 1. The third-order valence-corrected chi connectivity index (χ3v) is 5.14. The van der Waals surface area contributed by atoms with Gasteiger partial charge in [-0.2, -0.15) is 5.10 Å². The highest BCUT2D eigenvalue weighted by atomic mass is 79.9. The summed E-state index contributed by atoms with van der Waals surface area (Å²) in [6.07, 6.45) is 0.944. The predicted molar refractivity (Wildman–Crippen MR) is 121 cm³/mol. The van der Waals surface area contributed by atoms with Gasteiger partial charge in [-0.15, -0.1) is 0 Å². The van der Waals surface area contributed by atoms with Crippen LogP contribution in [0.5, 0.6) is 5.75 Å². The first-order valence-electron chi connectivity index (χ1n) is 9.47. The lowest BCUT2D eigenvalue weighted by atomic mass is 10.0. The maximum absolute atomic E-state index is 12.1. The fourth-order valence-electron chi connectivity index (χ4n) is 2.80. The first-order chi connectivity index (χ1) is 14.1. The number of hydrogen-bond acceptors (Lipinski definition) is 3. The number of aryl methyl sites for hydroxylation is 1. The van der Waals surface area contributed by atoms with Gasteiger partial charge in [0.25, 0.3) is 5.91 Å². The molecule has 0 heterocycles. The monoisotopic (exact) mass is 450 g/mol. The van der Waals surface area contributed by atoms with E-state index < -0.39 is 0 Å². The van der Waals surface area contributed by atoms with Crippen LogP contribution in [-0.4, -0.2) is 18.2 Å². The standard InChI is InChI=1S/C24H23BrN2O2/c1-3-18-9-14-23(22(25)15-18)29-16-24(28)27-26-17(2)19-10-12-21(13-11-19)20-7-5-4-6-8-20/h4-15H,3,16H2,1-2H3,(H,27,28). The average Bonchev–Trinajstić information content (AvgIpc) is 2.77. The van der Waals surface area contributed by atoms with E-state index in [1.165, 1.54) is 5.56 Å². The normalized spacial score (nSPS) is 11.2. The van der Waals surface area contributed by atoms with Crippen LogP contribution in [0.25, 0.3) is 11.1 Å². The van der Waals surface area contributed by atoms with Crippen LogP contribution in [0.4, 0.5) is 0 Å². The Morgan fingerprint density at radius 2 is 1.69 bits per heavy atom. The second-order valence-electron chi connectivity index (χ2n) is 6.58. The fraction of sp³-hybridized carbons (Fsp3) is 0.167. The number of carbonyl (C=O) groups excluding carboxylic acids is 1. The summed E-state index contributed by atoms with van der Waals surface area (Å²) in [5, 5.41) is 4.18. The van der Waals surface area contributed by atoms with Crippen molar-refractivity contribution in [1.29, 1.82) is 0 Å². The van der Waals surface area contributed by atoms with Crippen LogP contribution in [0, 0.1) is 0 Å². The zero-order valence-corrected chi connectivity index (χ0v) is 18.1. The summed E-state index contributed by atoms with van der Waals surface area (Å²) in [5.74, 6) is 0.325. The van der Waals surface area contributed by atoms with Gasteiger partial charge in [-0.1, -0.05) is 67.6 Å². The molecule has 0 aliphatic carbocycles. The zero-order chi connectivity index (χ0) is 20.6. The number of carbonyl (C=O) groups is 1. The molecule has 0 atom stereocenters. The molecule has 3 aromatic rings. The van der Waals surface area contributed by atoms with E-state index in [0.29, 0.717) is 5.75 Å². The number of ether oxygens (including phenoxy) is 1. The van der Waals surface area contributed by atoms with E-state index in [2.05, 4.69) is 45.5 Å². The summed E-state index contributed by atoms with van der Waals surface area (Å²) in [6, 6.07) is 24.1. The van der Waals surface area contributed by atoms with Crippen molar-refractivity contribution in [3.8, 4) is 16.9 Å². The summed E-state index contributed by atoms with van der Waals surface area (Å²) >= 11 is 3.47. The summed E-state index contributed by atoms with van der Waals surface area (Å²) < 4.78 is 6.41. The molecule has 3 aromatic carbocycles. The van der Waals surface area contributed by atoms with Crippen molar-refractivity contribution < 1.29 is 9.53 Å². The Labute approximate surface area is 179 Å². The quantitative estimate of drug-likeness (QED) is 0.376. The molecule has 0 aromatic heterocycles. The van der Waals surface area contributed by atoms with E-state index in [-0.39, 0.29) is 12.5 Å². The third-order valence-electron chi connectivity index (χ3n) is 4.52. The van der Waals surface area contributed by atoms with Crippen LogP contribution in [0.1, 0.15) is 25.0 Å². The van der Waals surface area contributed by atoms with E-state index in [0.717, 1.165) is 33.3 Å². The second-order valence-corrected chi connectivity index (χ2v) is 7.44. The molecule has 29 heavy (non-hydrogen) atoms. The van der Waals surface area contributed by atoms with E-state index in [1.54, 1.807) is 0 Å². The molecular weight excluding hydrogens is 428 g/mol. The lowest BCUT2D eigenvalue weighted by Gasteiger charge is -2.09. The maximum Gasteiger partial charge on any atom is 0.277 e. The Kier molecular flexibility index (Phi) is 7.19. The van der Waals surface area contributed by atoms with Crippen molar-refractivity contribution in [3.63, 3.8) is 0 Å². The zero-order valence-electron chi connectivity index (χ0n) is 16.5. The van der Waals surface area contributed by atoms with Crippen molar-refractivity contribution >= 4 is 27.5 Å². The molecule has 0 fully saturated rings. The van der Waals surface area contributed by atoms with Crippen molar-refractivity contribution in [3.05, 3.63) is 88.4 Å². The van der Waals surface area contributed by atoms with Crippen LogP contribution >= 0.6 is 15.9 Å². The summed E-state index contributed by atoms with van der Waals surface area (Å²) in [7, 11) is 0. The molecule has 0 unspecified atom stereocenters. The van der Waals surface area contributed by atoms with Gasteiger partial charge in [0.05, 0.1) is 10.2 Å². The molecule has 0 aliphatic heterocycles. The summed E-state index contributed by atoms with van der Waals surface area (Å²) in [6.45, 7) is 3.85. The molecule has 1 amide bonds. The van der Waals surface area contributed by atoms with Crippen LogP contribution in [-0.2, 0) is 11.2 Å². The molecule has 0 saturated heterocycles. The molecule has 3 rings (SSSR count). The highest BCUT2D eigenvalue weighted by Gasteiger charge is 2.07. The van der Waals surface area contributed by atoms with Gasteiger partial charge in [-0.05, 0) is 63.7 Å². The van der Waals surface area contributed by atoms with Crippen LogP contribution < -0.4 is 10.2 Å². The Balaban J connectivity index is 1.55. The Bertz CT molecular complexity index is 999. The van der Waals surface area contributed by atoms with Crippen molar-refractivity contribution in [1.82, 2.24) is 5.43 Å². The lowest BCUT2D eigenvalue weighted by molar-refractivity contribution is -0.123. The topological polar surface area (TPSA) is 50.7 Å². The lowest BCUT2D eigenvalue weighted by Crippen LogP contribution is -2.25. The molecule has 0 saturated carbocycles. The number of benzene rings is 3. The molecule has 1 N–H and O–H groups in total. The molecule has 4 nitrogen and oxygen atoms in total. The van der Waals surface area contributed by atoms with Crippen molar-refractivity contribution in [2.45, 2.75) is 20.3 Å². The highest BCUT2D eigenvalue weighted by Crippen LogP contribution is 2.26. The van der Waals surface area contributed by atoms with E-state index in [4.69, 9.17) is 4.74 Å². The van der Waals surface area contributed by atoms with Gasteiger partial charge < -0.3 is 4.74 Å². The maximum atomic E-state index is 12.1. The van der Waals surface area contributed by atoms with Crippen molar-refractivity contribution in [2.24, 2.45) is 5.10 Å². The van der Waals surface area contributed by atoms with Gasteiger partial charge in [-0.25, -0.2) is 5.43 Å². The van der Waals surface area contributed by atoms with Gasteiger partial charge in [-0.3, -0.25) is 4.79 Å². The Hall–Kier alpha value is -2.92. The minimum Gasteiger partial charge on any atom is -0.483 e. The van der Waals surface area contributed by atoms with Gasteiger partial charge in [0.1, 0.15) is 5.75 Å². The van der Waals surface area contributed by atoms with Crippen LogP contribution in [0.2, 0.25) is 0 Å². The number of halogens is 1. The van der Waals surface area contributed by atoms with Gasteiger partial charge in [0, 0.05) is 0 Å². The number of hydrazone groups is 1. The molecular formula is C24H23BrN2O2. The predicted octanol–water partition coefficient (Wildman–Crippen LogP) is 5.60. The minimum absolute atomic E-state index is 0.103. The van der Waals surface area contributed by atoms with Gasteiger partial charge in [0.15, 0.2) is 6.61 Å². The molecule has 5 heteroatoms. The van der Waals surface area contributed by atoms with E-state index in [1.807, 2.05) is 67.6 Å². The highest BCUT2D eigenvalue weighted by molar-refractivity contribution is 9.10. The fourth-order valence-corrected chi connectivity index (χ4v) is 3.34. The SMILES string of the molecule is CCc1ccc(OCC(=O)NN=C(C)c2ccc(-c3ccccc3)cc2)c(Br)c1. The van der Waals surface area contributed by atoms with Gasteiger partial charge >= 0.3 is 0 Å². The largest absolute Gasteiger partial charge is 0.483 e. The van der Waals surface area contributed by atoms with Crippen LogP contribution in [0.3, 0.4) is 0 Å². The van der Waals surface area contributed by atoms with Crippen molar-refractivity contribution in [2.75, 3.05) is 6.61 Å². The minimum atomic E-state index is -0.309. The first-order valence-corrected chi connectivity index (χ1v) is 10.3. The molecule has 0 bridgehead atoms. The third kappa shape index (κ3) is 5.78. The number of hydrogen-bond donors (Lipinski definition) is 1. The first kappa shape index (κ1) is 20.8. The molecule has 0 radical (unpaired) electrons. The summed E-state index contributed by atoms with van der Waals surface area (Å²) in [4.78, 5) is 12.1. The van der Waals surface area contributed by atoms with E-state index >= 15 is 0 Å². The number of rotatable bonds is 7. The molecule has 0 spiro atoms. The number of nitrogens with one attached hydrogen (secondary N) is 1. The number of nitrogens with zero attached hydrogens (tertiary/aromatic N) is 1. The molecule has 0 aliphatic rings.